The number of methoxy groups -OCH3 is 1. The van der Waals surface area contributed by atoms with Crippen LogP contribution >= 0.6 is 0 Å². The summed E-state index contributed by atoms with van der Waals surface area (Å²) in [5.74, 6) is 1.12. The quantitative estimate of drug-likeness (QED) is 0.365. The fraction of sp³-hybridized carbons (Fsp3) is 0.519. The van der Waals surface area contributed by atoms with Crippen LogP contribution in [0, 0.1) is 11.8 Å². The molecular formula is C27H35N3O5. The number of aryl methyl sites for hydroxylation is 1. The van der Waals surface area contributed by atoms with Crippen LogP contribution in [0.4, 0.5) is 0 Å². The summed E-state index contributed by atoms with van der Waals surface area (Å²) >= 11 is 0. The number of aliphatic carboxylic acids is 1. The summed E-state index contributed by atoms with van der Waals surface area (Å²) < 4.78 is 10.6. The van der Waals surface area contributed by atoms with Gasteiger partial charge in [-0.1, -0.05) is 0 Å². The Kier molecular flexibility index (Phi) is 8.71. The standard InChI is InChI=1S/C27H35N3O5/c1-34-21-6-7-24-23(17-21)22(9-11-28-24)25(31)8-5-19-10-14-30(18-20(19)16-27(32)33)13-3-2-4-26-29-12-15-35-26/h6-7,9,11-12,15,17,19-20,25,31H,2-5,8,10,13-14,16,18H2,1H3,(H,32,33)/t19-,20+,25?/m1/s1. The third kappa shape index (κ3) is 6.80. The average Bonchev–Trinajstić information content (AvgIpc) is 3.38. The number of hydrogen-bond acceptors (Lipinski definition) is 7. The van der Waals surface area contributed by atoms with Gasteiger partial charge in [-0.15, -0.1) is 0 Å². The first-order chi connectivity index (χ1) is 17.0. The van der Waals surface area contributed by atoms with Crippen LogP contribution in [0.2, 0.25) is 0 Å². The highest BCUT2D eigenvalue weighted by molar-refractivity contribution is 5.83. The number of pyridine rings is 1. The molecule has 3 heterocycles. The number of carboxylic acids is 1. The zero-order valence-electron chi connectivity index (χ0n) is 20.3. The molecule has 0 bridgehead atoms. The van der Waals surface area contributed by atoms with Crippen molar-refractivity contribution in [3.05, 3.63) is 54.4 Å². The van der Waals surface area contributed by atoms with Crippen molar-refractivity contribution in [3.8, 4) is 5.75 Å². The van der Waals surface area contributed by atoms with Crippen LogP contribution in [0.3, 0.4) is 0 Å². The van der Waals surface area contributed by atoms with E-state index in [-0.39, 0.29) is 18.3 Å². The molecule has 4 rings (SSSR count). The number of ether oxygens (including phenoxy) is 1. The van der Waals surface area contributed by atoms with Gasteiger partial charge in [-0.2, -0.15) is 0 Å². The number of unbranched alkanes of at least 4 members (excludes halogenated alkanes) is 1. The Balaban J connectivity index is 1.32. The zero-order valence-corrected chi connectivity index (χ0v) is 20.3. The van der Waals surface area contributed by atoms with Crippen molar-refractivity contribution in [2.75, 3.05) is 26.7 Å². The predicted octanol–water partition coefficient (Wildman–Crippen LogP) is 4.48. The molecule has 1 aromatic carbocycles. The maximum atomic E-state index is 11.6. The van der Waals surface area contributed by atoms with Crippen LogP contribution in [0.1, 0.15) is 56.1 Å². The lowest BCUT2D eigenvalue weighted by atomic mass is 9.79. The summed E-state index contributed by atoms with van der Waals surface area (Å²) in [6.07, 6.45) is 9.73. The molecule has 2 N–H and O–H groups in total. The molecule has 0 aliphatic carbocycles. The molecule has 0 amide bonds. The Morgan fingerprint density at radius 1 is 1.23 bits per heavy atom. The topological polar surface area (TPSA) is 109 Å². The van der Waals surface area contributed by atoms with Crippen LogP contribution in [0.5, 0.6) is 5.75 Å². The first kappa shape index (κ1) is 25.1. The maximum absolute atomic E-state index is 11.6. The molecule has 188 valence electrons. The SMILES string of the molecule is COc1ccc2nccc(C(O)CC[C@@H]3CCN(CCCCc4ncco4)C[C@@H]3CC(=O)O)c2c1. The Morgan fingerprint density at radius 3 is 2.89 bits per heavy atom. The summed E-state index contributed by atoms with van der Waals surface area (Å²) in [5, 5.41) is 21.4. The number of hydrogen-bond donors (Lipinski definition) is 2. The number of oxazole rings is 1. The molecule has 1 aliphatic heterocycles. The van der Waals surface area contributed by atoms with Crippen molar-refractivity contribution in [2.45, 2.75) is 51.0 Å². The third-order valence-electron chi connectivity index (χ3n) is 7.16. The molecule has 1 saturated heterocycles. The summed E-state index contributed by atoms with van der Waals surface area (Å²) in [7, 11) is 1.62. The van der Waals surface area contributed by atoms with E-state index in [1.54, 1.807) is 25.8 Å². The van der Waals surface area contributed by atoms with E-state index in [4.69, 9.17) is 9.15 Å². The lowest BCUT2D eigenvalue weighted by Crippen LogP contribution is -2.41. The number of aliphatic hydroxyl groups excluding tert-OH is 1. The van der Waals surface area contributed by atoms with Gasteiger partial charge >= 0.3 is 5.97 Å². The molecule has 0 radical (unpaired) electrons. The van der Waals surface area contributed by atoms with Crippen LogP contribution < -0.4 is 4.74 Å². The van der Waals surface area contributed by atoms with Gasteiger partial charge in [0, 0.05) is 31.0 Å². The molecule has 0 saturated carbocycles. The summed E-state index contributed by atoms with van der Waals surface area (Å²) in [4.78, 5) is 22.5. The number of rotatable bonds is 12. The molecule has 3 aromatic rings. The Morgan fingerprint density at radius 2 is 2.11 bits per heavy atom. The van der Waals surface area contributed by atoms with Gasteiger partial charge in [0.1, 0.15) is 12.0 Å². The molecule has 1 fully saturated rings. The minimum atomic E-state index is -0.751. The molecular weight excluding hydrogens is 446 g/mol. The van der Waals surface area contributed by atoms with E-state index in [1.807, 2.05) is 24.3 Å². The largest absolute Gasteiger partial charge is 0.497 e. The Hall–Kier alpha value is -2.97. The number of likely N-dealkylation sites (tertiary alicyclic amines) is 1. The van der Waals surface area contributed by atoms with E-state index < -0.39 is 12.1 Å². The van der Waals surface area contributed by atoms with Gasteiger partial charge < -0.3 is 24.3 Å². The fourth-order valence-corrected chi connectivity index (χ4v) is 5.27. The number of aromatic nitrogens is 2. The molecule has 2 aromatic heterocycles. The molecule has 1 unspecified atom stereocenters. The third-order valence-corrected chi connectivity index (χ3v) is 7.16. The van der Waals surface area contributed by atoms with Crippen LogP contribution in [-0.4, -0.2) is 57.8 Å². The number of fused-ring (bicyclic) bond motifs is 1. The van der Waals surface area contributed by atoms with Gasteiger partial charge in [0.05, 0.1) is 24.9 Å². The van der Waals surface area contributed by atoms with Crippen molar-refractivity contribution in [3.63, 3.8) is 0 Å². The van der Waals surface area contributed by atoms with E-state index in [9.17, 15) is 15.0 Å². The minimum Gasteiger partial charge on any atom is -0.497 e. The monoisotopic (exact) mass is 481 g/mol. The number of benzene rings is 1. The fourth-order valence-electron chi connectivity index (χ4n) is 5.27. The normalized spacial score (nSPS) is 19.6. The van der Waals surface area contributed by atoms with Crippen molar-refractivity contribution in [1.29, 1.82) is 0 Å². The number of carboxylic acid groups (broad SMARTS) is 1. The van der Waals surface area contributed by atoms with Crippen molar-refractivity contribution < 1.29 is 24.2 Å². The van der Waals surface area contributed by atoms with Crippen molar-refractivity contribution in [2.24, 2.45) is 11.8 Å². The van der Waals surface area contributed by atoms with E-state index in [1.165, 1.54) is 0 Å². The van der Waals surface area contributed by atoms with Gasteiger partial charge in [-0.05, 0) is 86.9 Å². The van der Waals surface area contributed by atoms with E-state index >= 15 is 0 Å². The second-order valence-corrected chi connectivity index (χ2v) is 9.47. The van der Waals surface area contributed by atoms with E-state index in [0.29, 0.717) is 6.42 Å². The first-order valence-corrected chi connectivity index (χ1v) is 12.5. The highest BCUT2D eigenvalue weighted by atomic mass is 16.5. The molecule has 0 spiro atoms. The second-order valence-electron chi connectivity index (χ2n) is 9.47. The maximum Gasteiger partial charge on any atom is 0.303 e. The zero-order chi connectivity index (χ0) is 24.6. The van der Waals surface area contributed by atoms with Crippen LogP contribution in [-0.2, 0) is 11.2 Å². The van der Waals surface area contributed by atoms with Crippen LogP contribution in [0.25, 0.3) is 10.9 Å². The van der Waals surface area contributed by atoms with Gasteiger partial charge in [-0.25, -0.2) is 4.98 Å². The van der Waals surface area contributed by atoms with Gasteiger partial charge in [0.2, 0.25) is 0 Å². The number of piperidine rings is 1. The molecule has 8 heteroatoms. The molecule has 35 heavy (non-hydrogen) atoms. The van der Waals surface area contributed by atoms with Gasteiger partial charge in [-0.3, -0.25) is 9.78 Å². The second kappa shape index (κ2) is 12.1. The number of aliphatic hydroxyl groups is 1. The van der Waals surface area contributed by atoms with Crippen molar-refractivity contribution >= 4 is 16.9 Å². The minimum absolute atomic E-state index is 0.0921. The van der Waals surface area contributed by atoms with Crippen molar-refractivity contribution in [1.82, 2.24) is 14.9 Å². The smallest absolute Gasteiger partial charge is 0.303 e. The van der Waals surface area contributed by atoms with Gasteiger partial charge in [0.25, 0.3) is 0 Å². The highest BCUT2D eigenvalue weighted by Gasteiger charge is 2.31. The molecule has 3 atom stereocenters. The predicted molar refractivity (Wildman–Crippen MR) is 132 cm³/mol. The van der Waals surface area contributed by atoms with E-state index in [2.05, 4.69) is 14.9 Å². The number of carbonyl (C=O) groups is 1. The molecule has 1 aliphatic rings. The van der Waals surface area contributed by atoms with E-state index in [0.717, 1.165) is 79.8 Å². The Labute approximate surface area is 205 Å². The number of nitrogens with zero attached hydrogens (tertiary/aromatic N) is 3. The summed E-state index contributed by atoms with van der Waals surface area (Å²) in [6, 6.07) is 7.54. The molecule has 8 nitrogen and oxygen atoms in total. The summed E-state index contributed by atoms with van der Waals surface area (Å²) in [6.45, 7) is 2.71. The van der Waals surface area contributed by atoms with Crippen LogP contribution in [0.15, 0.2) is 47.3 Å². The first-order valence-electron chi connectivity index (χ1n) is 12.5. The summed E-state index contributed by atoms with van der Waals surface area (Å²) in [5.41, 5.74) is 1.66. The van der Waals surface area contributed by atoms with Gasteiger partial charge in [0.15, 0.2) is 5.89 Å². The average molecular weight is 482 g/mol. The highest BCUT2D eigenvalue weighted by Crippen LogP contribution is 2.34. The lowest BCUT2D eigenvalue weighted by molar-refractivity contribution is -0.139. The lowest BCUT2D eigenvalue weighted by Gasteiger charge is -2.38. The Bertz CT molecular complexity index is 1090.